The van der Waals surface area contributed by atoms with E-state index in [0.717, 1.165) is 16.3 Å². The maximum absolute atomic E-state index is 11.9. The van der Waals surface area contributed by atoms with Gasteiger partial charge in [0.15, 0.2) is 5.12 Å². The molecule has 0 saturated heterocycles. The summed E-state index contributed by atoms with van der Waals surface area (Å²) in [5, 5.41) is 1.48. The maximum Gasteiger partial charge on any atom is 0.186 e. The number of hydrogen-bond acceptors (Lipinski definition) is 6. The van der Waals surface area contributed by atoms with E-state index in [2.05, 4.69) is 6.08 Å². The van der Waals surface area contributed by atoms with E-state index in [9.17, 15) is 4.79 Å². The van der Waals surface area contributed by atoms with Gasteiger partial charge in [0, 0.05) is 17.7 Å². The van der Waals surface area contributed by atoms with Crippen LogP contribution in [0.5, 0.6) is 23.0 Å². The van der Waals surface area contributed by atoms with Crippen molar-refractivity contribution in [1.82, 2.24) is 0 Å². The first-order valence-electron chi connectivity index (χ1n) is 8.98. The van der Waals surface area contributed by atoms with E-state index < -0.39 is 0 Å². The van der Waals surface area contributed by atoms with Crippen LogP contribution < -0.4 is 18.9 Å². The number of methoxy groups -OCH3 is 4. The van der Waals surface area contributed by atoms with Gasteiger partial charge in [-0.3, -0.25) is 4.79 Å². The van der Waals surface area contributed by atoms with Crippen molar-refractivity contribution in [3.63, 3.8) is 0 Å². The molecule has 0 amide bonds. The fourth-order valence-corrected chi connectivity index (χ4v) is 4.09. The molecule has 0 aliphatic heterocycles. The van der Waals surface area contributed by atoms with Crippen LogP contribution >= 0.6 is 11.8 Å². The Morgan fingerprint density at radius 2 is 1.50 bits per heavy atom. The van der Waals surface area contributed by atoms with Gasteiger partial charge in [0.2, 0.25) is 0 Å². The molecule has 152 valence electrons. The van der Waals surface area contributed by atoms with Gasteiger partial charge in [0.1, 0.15) is 23.0 Å². The van der Waals surface area contributed by atoms with Crippen molar-refractivity contribution in [2.75, 3.05) is 28.4 Å². The average Bonchev–Trinajstić information content (AvgIpc) is 2.68. The Morgan fingerprint density at radius 3 is 1.96 bits per heavy atom. The molecule has 5 nitrogen and oxygen atoms in total. The molecule has 0 spiro atoms. The quantitative estimate of drug-likeness (QED) is 0.538. The maximum atomic E-state index is 11.9. The van der Waals surface area contributed by atoms with Crippen LogP contribution in [0.3, 0.4) is 0 Å². The van der Waals surface area contributed by atoms with E-state index in [1.165, 1.54) is 17.3 Å². The van der Waals surface area contributed by atoms with Crippen LogP contribution in [0.1, 0.15) is 38.0 Å². The monoisotopic (exact) mass is 404 g/mol. The highest BCUT2D eigenvalue weighted by Gasteiger charge is 2.26. The number of carbonyl (C=O) groups excluding carboxylic acids is 1. The van der Waals surface area contributed by atoms with Gasteiger partial charge in [-0.05, 0) is 38.5 Å². The van der Waals surface area contributed by atoms with Gasteiger partial charge in [0.25, 0.3) is 0 Å². The Kier molecular flexibility index (Phi) is 7.63. The second-order valence-electron chi connectivity index (χ2n) is 6.54. The Bertz CT molecular complexity index is 884. The number of hydrogen-bond donors (Lipinski definition) is 0. The highest BCUT2D eigenvalue weighted by Crippen LogP contribution is 2.50. The summed E-state index contributed by atoms with van der Waals surface area (Å²) in [7, 11) is 6.47. The molecule has 0 heterocycles. The molecule has 0 N–H and O–H groups in total. The van der Waals surface area contributed by atoms with Gasteiger partial charge in [-0.2, -0.15) is 0 Å². The first kappa shape index (κ1) is 22.0. The number of allylic oxidation sites excluding steroid dienone is 2. The second kappa shape index (κ2) is 9.73. The Labute approximate surface area is 171 Å². The van der Waals surface area contributed by atoms with Gasteiger partial charge in [0.05, 0.1) is 39.2 Å². The Hall–Kier alpha value is -2.34. The van der Waals surface area contributed by atoms with Crippen molar-refractivity contribution in [2.24, 2.45) is 0 Å². The van der Waals surface area contributed by atoms with Crippen LogP contribution in [-0.4, -0.2) is 33.6 Å². The van der Waals surface area contributed by atoms with Gasteiger partial charge >= 0.3 is 0 Å². The molecule has 0 aliphatic carbocycles. The predicted molar refractivity (Wildman–Crippen MR) is 115 cm³/mol. The summed E-state index contributed by atoms with van der Waals surface area (Å²) in [6.07, 6.45) is 2.82. The molecule has 2 rings (SSSR count). The van der Waals surface area contributed by atoms with Gasteiger partial charge in [-0.1, -0.05) is 23.4 Å². The predicted octanol–water partition coefficient (Wildman–Crippen LogP) is 5.55. The minimum atomic E-state index is -0.114. The lowest BCUT2D eigenvalue weighted by atomic mass is 9.98. The lowest BCUT2D eigenvalue weighted by molar-refractivity contribution is -0.109. The van der Waals surface area contributed by atoms with Crippen molar-refractivity contribution in [3.8, 4) is 23.0 Å². The molecular formula is C22H28O5S. The zero-order valence-corrected chi connectivity index (χ0v) is 18.4. The fraction of sp³-hybridized carbons (Fsp3) is 0.409. The molecule has 6 heteroatoms. The van der Waals surface area contributed by atoms with Crippen LogP contribution in [-0.2, 0) is 4.79 Å². The van der Waals surface area contributed by atoms with E-state index >= 15 is 0 Å². The van der Waals surface area contributed by atoms with Crippen molar-refractivity contribution in [2.45, 2.75) is 32.4 Å². The summed E-state index contributed by atoms with van der Waals surface area (Å²) in [4.78, 5) is 11.9. The van der Waals surface area contributed by atoms with E-state index in [4.69, 9.17) is 18.9 Å². The third-order valence-corrected chi connectivity index (χ3v) is 5.47. The molecule has 2 aromatic rings. The van der Waals surface area contributed by atoms with E-state index in [-0.39, 0.29) is 10.4 Å². The lowest BCUT2D eigenvalue weighted by Crippen LogP contribution is -2.04. The molecule has 1 unspecified atom stereocenters. The minimum absolute atomic E-state index is 0.0471. The smallest absolute Gasteiger partial charge is 0.186 e. The first-order chi connectivity index (χ1) is 13.4. The van der Waals surface area contributed by atoms with Crippen LogP contribution in [0.4, 0.5) is 0 Å². The number of thioether (sulfide) groups is 1. The molecule has 0 fully saturated rings. The van der Waals surface area contributed by atoms with E-state index in [0.29, 0.717) is 29.4 Å². The third kappa shape index (κ3) is 4.55. The zero-order chi connectivity index (χ0) is 20.8. The normalized spacial score (nSPS) is 11.7. The minimum Gasteiger partial charge on any atom is -0.496 e. The molecule has 0 bridgehead atoms. The van der Waals surface area contributed by atoms with Crippen molar-refractivity contribution >= 4 is 27.6 Å². The molecule has 1 atom stereocenters. The standard InChI is InChI=1S/C22H28O5S/c1-13(2)8-11-19(28-14(3)23)15-12-18(26-6)20-16(24-4)9-10-17(25-5)21(20)22(15)27-7/h8-10,12,19H,11H2,1-7H3. The van der Waals surface area contributed by atoms with Gasteiger partial charge in [-0.25, -0.2) is 0 Å². The molecule has 0 aromatic heterocycles. The van der Waals surface area contributed by atoms with E-state index in [1.807, 2.05) is 32.0 Å². The summed E-state index contributed by atoms with van der Waals surface area (Å²) in [5.41, 5.74) is 2.08. The van der Waals surface area contributed by atoms with Crippen LogP contribution in [0.2, 0.25) is 0 Å². The van der Waals surface area contributed by atoms with Crippen LogP contribution in [0.25, 0.3) is 10.8 Å². The second-order valence-corrected chi connectivity index (χ2v) is 7.92. The summed E-state index contributed by atoms with van der Waals surface area (Å²) in [5.74, 6) is 2.62. The average molecular weight is 405 g/mol. The number of benzene rings is 2. The van der Waals surface area contributed by atoms with Crippen LogP contribution in [0.15, 0.2) is 29.8 Å². The van der Waals surface area contributed by atoms with Crippen LogP contribution in [0, 0.1) is 0 Å². The number of fused-ring (bicyclic) bond motifs is 1. The van der Waals surface area contributed by atoms with E-state index in [1.54, 1.807) is 35.4 Å². The summed E-state index contributed by atoms with van der Waals surface area (Å²) >= 11 is 1.28. The molecule has 0 saturated carbocycles. The largest absolute Gasteiger partial charge is 0.496 e. The Balaban J connectivity index is 2.88. The summed E-state index contributed by atoms with van der Waals surface area (Å²) in [6, 6.07) is 5.62. The number of ether oxygens (including phenoxy) is 4. The zero-order valence-electron chi connectivity index (χ0n) is 17.5. The molecule has 28 heavy (non-hydrogen) atoms. The van der Waals surface area contributed by atoms with Gasteiger partial charge < -0.3 is 18.9 Å². The van der Waals surface area contributed by atoms with Crippen molar-refractivity contribution < 1.29 is 23.7 Å². The molecule has 0 aliphatic rings. The topological polar surface area (TPSA) is 54.0 Å². The fourth-order valence-electron chi connectivity index (χ4n) is 3.20. The molecular weight excluding hydrogens is 376 g/mol. The number of rotatable bonds is 8. The Morgan fingerprint density at radius 1 is 0.929 bits per heavy atom. The summed E-state index contributed by atoms with van der Waals surface area (Å²) in [6.45, 7) is 5.66. The molecule has 0 radical (unpaired) electrons. The van der Waals surface area contributed by atoms with Gasteiger partial charge in [-0.15, -0.1) is 0 Å². The van der Waals surface area contributed by atoms with Crippen molar-refractivity contribution in [3.05, 3.63) is 35.4 Å². The summed E-state index contributed by atoms with van der Waals surface area (Å²) < 4.78 is 22.7. The highest BCUT2D eigenvalue weighted by molar-refractivity contribution is 8.13. The third-order valence-electron chi connectivity index (χ3n) is 4.41. The SMILES string of the molecule is COc1ccc(OC)c2c(OC)c(C(CC=C(C)C)SC(C)=O)cc(OC)c12. The molecule has 2 aromatic carbocycles. The first-order valence-corrected chi connectivity index (χ1v) is 9.85. The lowest BCUT2D eigenvalue weighted by Gasteiger charge is -2.22. The van der Waals surface area contributed by atoms with Crippen molar-refractivity contribution in [1.29, 1.82) is 0 Å². The highest BCUT2D eigenvalue weighted by atomic mass is 32.2. The number of carbonyl (C=O) groups is 1.